The second kappa shape index (κ2) is 8.05. The molecular formula is C18H15Cl2N3O2. The molecule has 0 saturated heterocycles. The number of rotatable bonds is 6. The smallest absolute Gasteiger partial charge is 0.257 e. The van der Waals surface area contributed by atoms with Gasteiger partial charge in [-0.3, -0.25) is 9.48 Å². The lowest BCUT2D eigenvalue weighted by molar-refractivity contribution is 0.102. The first kappa shape index (κ1) is 17.3. The molecule has 0 fully saturated rings. The van der Waals surface area contributed by atoms with Crippen LogP contribution in [0.3, 0.4) is 0 Å². The van der Waals surface area contributed by atoms with E-state index in [-0.39, 0.29) is 5.91 Å². The Labute approximate surface area is 155 Å². The molecular weight excluding hydrogens is 361 g/mol. The highest BCUT2D eigenvalue weighted by Crippen LogP contribution is 2.23. The summed E-state index contributed by atoms with van der Waals surface area (Å²) in [6.07, 6.45) is 3.59. The predicted octanol–water partition coefficient (Wildman–Crippen LogP) is 4.52. The highest BCUT2D eigenvalue weighted by molar-refractivity contribution is 6.36. The molecule has 3 rings (SSSR count). The van der Waals surface area contributed by atoms with Gasteiger partial charge >= 0.3 is 0 Å². The molecule has 1 aromatic heterocycles. The summed E-state index contributed by atoms with van der Waals surface area (Å²) in [5.41, 5.74) is 0.928. The molecule has 3 aromatic rings. The number of amides is 1. The van der Waals surface area contributed by atoms with Crippen LogP contribution in [0.25, 0.3) is 0 Å². The van der Waals surface area contributed by atoms with Crippen LogP contribution in [0.15, 0.2) is 60.9 Å². The van der Waals surface area contributed by atoms with Crippen molar-refractivity contribution < 1.29 is 9.53 Å². The molecule has 1 N–H and O–H groups in total. The normalized spacial score (nSPS) is 10.5. The van der Waals surface area contributed by atoms with E-state index in [0.29, 0.717) is 40.2 Å². The third-order valence-electron chi connectivity index (χ3n) is 3.41. The van der Waals surface area contributed by atoms with Gasteiger partial charge in [-0.2, -0.15) is 5.10 Å². The van der Waals surface area contributed by atoms with Crippen LogP contribution in [0.5, 0.6) is 5.75 Å². The molecule has 0 aliphatic carbocycles. The summed E-state index contributed by atoms with van der Waals surface area (Å²) in [5.74, 6) is 0.323. The number of carbonyl (C=O) groups is 1. The van der Waals surface area contributed by atoms with E-state index >= 15 is 0 Å². The fraction of sp³-hybridized carbons (Fsp3) is 0.111. The van der Waals surface area contributed by atoms with E-state index < -0.39 is 0 Å². The summed E-state index contributed by atoms with van der Waals surface area (Å²) < 4.78 is 7.48. The maximum absolute atomic E-state index is 12.4. The molecule has 128 valence electrons. The number of halogens is 2. The zero-order valence-electron chi connectivity index (χ0n) is 13.2. The second-order valence-electron chi connectivity index (χ2n) is 5.22. The lowest BCUT2D eigenvalue weighted by atomic mass is 10.2. The van der Waals surface area contributed by atoms with Crippen molar-refractivity contribution in [1.29, 1.82) is 0 Å². The monoisotopic (exact) mass is 375 g/mol. The molecule has 5 nitrogen and oxygen atoms in total. The molecule has 0 radical (unpaired) electrons. The number of nitrogens with zero attached hydrogens (tertiary/aromatic N) is 2. The lowest BCUT2D eigenvalue weighted by Crippen LogP contribution is -2.13. The molecule has 0 atom stereocenters. The number of aromatic nitrogens is 2. The number of nitrogens with one attached hydrogen (secondary N) is 1. The highest BCUT2D eigenvalue weighted by Gasteiger charge is 2.11. The van der Waals surface area contributed by atoms with Crippen LogP contribution in [0.2, 0.25) is 10.0 Å². The van der Waals surface area contributed by atoms with Gasteiger partial charge in [0.2, 0.25) is 0 Å². The van der Waals surface area contributed by atoms with Gasteiger partial charge in [-0.15, -0.1) is 0 Å². The van der Waals surface area contributed by atoms with E-state index in [0.717, 1.165) is 0 Å². The van der Waals surface area contributed by atoms with E-state index in [1.165, 1.54) is 6.07 Å². The van der Waals surface area contributed by atoms with Crippen LogP contribution >= 0.6 is 23.2 Å². The number of benzene rings is 2. The molecule has 0 aliphatic heterocycles. The molecule has 0 saturated carbocycles. The SMILES string of the molecule is O=C(Nc1cccc(OCCn2cccn2)c1)c1cc(Cl)ccc1Cl. The molecule has 0 spiro atoms. The van der Waals surface area contributed by atoms with Gasteiger partial charge in [0, 0.05) is 29.2 Å². The maximum Gasteiger partial charge on any atom is 0.257 e. The molecule has 2 aromatic carbocycles. The van der Waals surface area contributed by atoms with Gasteiger partial charge in [0.1, 0.15) is 12.4 Å². The molecule has 25 heavy (non-hydrogen) atoms. The van der Waals surface area contributed by atoms with Crippen LogP contribution in [-0.4, -0.2) is 22.3 Å². The first-order valence-corrected chi connectivity index (χ1v) is 8.34. The molecule has 7 heteroatoms. The number of hydrogen-bond acceptors (Lipinski definition) is 3. The Bertz CT molecular complexity index is 867. The van der Waals surface area contributed by atoms with Crippen LogP contribution in [0, 0.1) is 0 Å². The van der Waals surface area contributed by atoms with Gasteiger partial charge in [-0.1, -0.05) is 29.3 Å². The Morgan fingerprint density at radius 3 is 2.84 bits per heavy atom. The van der Waals surface area contributed by atoms with Crippen molar-refractivity contribution in [3.05, 3.63) is 76.5 Å². The lowest BCUT2D eigenvalue weighted by Gasteiger charge is -2.10. The van der Waals surface area contributed by atoms with Crippen molar-refractivity contribution in [3.63, 3.8) is 0 Å². The van der Waals surface area contributed by atoms with Crippen molar-refractivity contribution in [2.75, 3.05) is 11.9 Å². The van der Waals surface area contributed by atoms with Crippen molar-refractivity contribution in [3.8, 4) is 5.75 Å². The van der Waals surface area contributed by atoms with Crippen LogP contribution < -0.4 is 10.1 Å². The van der Waals surface area contributed by atoms with Gasteiger partial charge in [0.15, 0.2) is 0 Å². The van der Waals surface area contributed by atoms with Crippen molar-refractivity contribution >= 4 is 34.8 Å². The Balaban J connectivity index is 1.63. The standard InChI is InChI=1S/C18H15Cl2N3O2/c19-13-5-6-17(20)16(11-13)18(24)22-14-3-1-4-15(12-14)25-10-9-23-8-2-7-21-23/h1-8,11-12H,9-10H2,(H,22,24). The first-order valence-electron chi connectivity index (χ1n) is 7.58. The summed E-state index contributed by atoms with van der Waals surface area (Å²) in [5, 5.41) is 7.69. The highest BCUT2D eigenvalue weighted by atomic mass is 35.5. The van der Waals surface area contributed by atoms with Gasteiger partial charge < -0.3 is 10.1 Å². The second-order valence-corrected chi connectivity index (χ2v) is 6.07. The van der Waals surface area contributed by atoms with E-state index in [1.54, 1.807) is 41.2 Å². The fourth-order valence-electron chi connectivity index (χ4n) is 2.22. The predicted molar refractivity (Wildman–Crippen MR) is 98.6 cm³/mol. The minimum atomic E-state index is -0.332. The zero-order chi connectivity index (χ0) is 17.6. The summed E-state index contributed by atoms with van der Waals surface area (Å²) in [7, 11) is 0. The van der Waals surface area contributed by atoms with Gasteiger partial charge in [-0.05, 0) is 36.4 Å². The van der Waals surface area contributed by atoms with Crippen LogP contribution in [-0.2, 0) is 6.54 Å². The number of anilines is 1. The van der Waals surface area contributed by atoms with Gasteiger partial charge in [0.05, 0.1) is 17.1 Å². The Hall–Kier alpha value is -2.50. The largest absolute Gasteiger partial charge is 0.492 e. The summed E-state index contributed by atoms with van der Waals surface area (Å²) in [4.78, 5) is 12.4. The molecule has 0 unspecified atom stereocenters. The molecule has 0 aliphatic rings. The maximum atomic E-state index is 12.4. The fourth-order valence-corrected chi connectivity index (χ4v) is 2.60. The van der Waals surface area contributed by atoms with E-state index in [2.05, 4.69) is 10.4 Å². The minimum Gasteiger partial charge on any atom is -0.492 e. The Kier molecular flexibility index (Phi) is 5.58. The quantitative estimate of drug-likeness (QED) is 0.688. The summed E-state index contributed by atoms with van der Waals surface area (Å²) in [6.45, 7) is 1.11. The average molecular weight is 376 g/mol. The zero-order valence-corrected chi connectivity index (χ0v) is 14.7. The van der Waals surface area contributed by atoms with Crippen LogP contribution in [0.4, 0.5) is 5.69 Å². The van der Waals surface area contributed by atoms with Crippen LogP contribution in [0.1, 0.15) is 10.4 Å². The minimum absolute atomic E-state index is 0.319. The van der Waals surface area contributed by atoms with Gasteiger partial charge in [0.25, 0.3) is 5.91 Å². The average Bonchev–Trinajstić information content (AvgIpc) is 3.11. The van der Waals surface area contributed by atoms with Crippen molar-refractivity contribution in [2.45, 2.75) is 6.54 Å². The number of hydrogen-bond donors (Lipinski definition) is 1. The molecule has 1 heterocycles. The summed E-state index contributed by atoms with van der Waals surface area (Å²) >= 11 is 12.0. The number of carbonyl (C=O) groups excluding carboxylic acids is 1. The van der Waals surface area contributed by atoms with Crippen molar-refractivity contribution in [1.82, 2.24) is 9.78 Å². The molecule has 1 amide bonds. The first-order chi connectivity index (χ1) is 12.1. The van der Waals surface area contributed by atoms with E-state index in [1.807, 2.05) is 18.3 Å². The molecule has 0 bridgehead atoms. The van der Waals surface area contributed by atoms with E-state index in [9.17, 15) is 4.79 Å². The number of ether oxygens (including phenoxy) is 1. The Morgan fingerprint density at radius 1 is 1.16 bits per heavy atom. The summed E-state index contributed by atoms with van der Waals surface area (Å²) in [6, 6.07) is 13.8. The van der Waals surface area contributed by atoms with Crippen molar-refractivity contribution in [2.24, 2.45) is 0 Å². The van der Waals surface area contributed by atoms with E-state index in [4.69, 9.17) is 27.9 Å². The Morgan fingerprint density at radius 2 is 2.04 bits per heavy atom. The third-order valence-corrected chi connectivity index (χ3v) is 3.98. The topological polar surface area (TPSA) is 56.1 Å². The van der Waals surface area contributed by atoms with Gasteiger partial charge in [-0.25, -0.2) is 0 Å². The third kappa shape index (κ3) is 4.75.